The highest BCUT2D eigenvalue weighted by Crippen LogP contribution is 2.31. The van der Waals surface area contributed by atoms with Gasteiger partial charge in [-0.3, -0.25) is 9.59 Å². The van der Waals surface area contributed by atoms with Crippen molar-refractivity contribution >= 4 is 22.8 Å². The molecule has 1 aromatic heterocycles. The molecule has 1 aliphatic rings. The van der Waals surface area contributed by atoms with Gasteiger partial charge < -0.3 is 24.4 Å². The van der Waals surface area contributed by atoms with Crippen molar-refractivity contribution < 1.29 is 23.8 Å². The van der Waals surface area contributed by atoms with Crippen LogP contribution in [0.5, 0.6) is 11.5 Å². The lowest BCUT2D eigenvalue weighted by Crippen LogP contribution is -2.47. The molecular weight excluding hydrogens is 486 g/mol. The number of carbonyl (C=O) groups excluding carboxylic acids is 2. The molecule has 204 valence electrons. The third-order valence-electron chi connectivity index (χ3n) is 6.87. The van der Waals surface area contributed by atoms with Crippen LogP contribution in [0.4, 0.5) is 0 Å². The van der Waals surface area contributed by atoms with Crippen LogP contribution in [0.15, 0.2) is 42.5 Å². The molecule has 2 aromatic carbocycles. The van der Waals surface area contributed by atoms with E-state index in [1.807, 2.05) is 31.2 Å². The maximum absolute atomic E-state index is 13.9. The molecule has 1 N–H and O–H groups in total. The lowest BCUT2D eigenvalue weighted by molar-refractivity contribution is -0.142. The van der Waals surface area contributed by atoms with E-state index >= 15 is 0 Å². The summed E-state index contributed by atoms with van der Waals surface area (Å²) in [5.74, 6) is 0.620. The van der Waals surface area contributed by atoms with Crippen molar-refractivity contribution in [1.29, 1.82) is 0 Å². The standard InChI is InChI=1S/C28H37N5O5/c1-4-38-15-9-14-32(26(34)19-33-25-13-8-7-12-24(25)30-31-33)27(28(35)29-21-10-5-6-11-21)20-16-22(36-2)18-23(17-20)37-3/h7-8,12-13,16-18,21,27H,4-6,9-11,14-15,19H2,1-3H3,(H,29,35). The number of methoxy groups -OCH3 is 2. The number of carbonyl (C=O) groups is 2. The summed E-state index contributed by atoms with van der Waals surface area (Å²) in [6.07, 6.45) is 4.61. The number of nitrogens with zero attached hydrogens (tertiary/aromatic N) is 4. The quantitative estimate of drug-likeness (QED) is 0.342. The highest BCUT2D eigenvalue weighted by molar-refractivity contribution is 5.89. The normalized spacial score (nSPS) is 14.4. The predicted molar refractivity (Wildman–Crippen MR) is 143 cm³/mol. The summed E-state index contributed by atoms with van der Waals surface area (Å²) in [6, 6.07) is 12.0. The Labute approximate surface area is 223 Å². The van der Waals surface area contributed by atoms with Gasteiger partial charge in [-0.05, 0) is 56.0 Å². The average Bonchev–Trinajstić information content (AvgIpc) is 3.60. The first-order valence-corrected chi connectivity index (χ1v) is 13.2. The molecule has 0 spiro atoms. The summed E-state index contributed by atoms with van der Waals surface area (Å²) in [6.45, 7) is 3.26. The molecule has 0 bridgehead atoms. The maximum Gasteiger partial charge on any atom is 0.247 e. The third kappa shape index (κ3) is 6.61. The Bertz CT molecular complexity index is 1200. The topological polar surface area (TPSA) is 108 Å². The van der Waals surface area contributed by atoms with E-state index in [1.54, 1.807) is 42.0 Å². The van der Waals surface area contributed by atoms with E-state index in [4.69, 9.17) is 14.2 Å². The van der Waals surface area contributed by atoms with Crippen LogP contribution in [0.1, 0.15) is 50.6 Å². The molecular formula is C28H37N5O5. The van der Waals surface area contributed by atoms with Gasteiger partial charge in [-0.25, -0.2) is 4.68 Å². The molecule has 1 aliphatic carbocycles. The minimum atomic E-state index is -0.886. The number of rotatable bonds is 13. The molecule has 38 heavy (non-hydrogen) atoms. The molecule has 1 atom stereocenters. The first-order chi connectivity index (χ1) is 18.5. The average molecular weight is 524 g/mol. The lowest BCUT2D eigenvalue weighted by Gasteiger charge is -2.32. The fourth-order valence-electron chi connectivity index (χ4n) is 4.94. The van der Waals surface area contributed by atoms with Crippen LogP contribution in [-0.2, 0) is 20.9 Å². The zero-order chi connectivity index (χ0) is 26.9. The number of fused-ring (bicyclic) bond motifs is 1. The van der Waals surface area contributed by atoms with Crippen molar-refractivity contribution in [3.63, 3.8) is 0 Å². The SMILES string of the molecule is CCOCCCN(C(=O)Cn1nnc2ccccc21)C(C(=O)NC1CCCC1)c1cc(OC)cc(OC)c1. The van der Waals surface area contributed by atoms with Gasteiger partial charge in [0, 0.05) is 31.9 Å². The molecule has 4 rings (SSSR count). The molecule has 1 unspecified atom stereocenters. The zero-order valence-electron chi connectivity index (χ0n) is 22.4. The van der Waals surface area contributed by atoms with Gasteiger partial charge in [0.05, 0.1) is 19.7 Å². The summed E-state index contributed by atoms with van der Waals surface area (Å²) in [5.41, 5.74) is 2.08. The first kappa shape index (κ1) is 27.4. The zero-order valence-corrected chi connectivity index (χ0v) is 22.4. The van der Waals surface area contributed by atoms with Gasteiger partial charge in [0.2, 0.25) is 11.8 Å². The van der Waals surface area contributed by atoms with Crippen molar-refractivity contribution in [3.05, 3.63) is 48.0 Å². The van der Waals surface area contributed by atoms with Crippen LogP contribution in [-0.4, -0.2) is 71.7 Å². The fraction of sp³-hybridized carbons (Fsp3) is 0.500. The van der Waals surface area contributed by atoms with E-state index in [1.165, 1.54) is 0 Å². The highest BCUT2D eigenvalue weighted by Gasteiger charge is 2.34. The number of ether oxygens (including phenoxy) is 3. The molecule has 10 nitrogen and oxygen atoms in total. The summed E-state index contributed by atoms with van der Waals surface area (Å²) in [5, 5.41) is 11.6. The summed E-state index contributed by atoms with van der Waals surface area (Å²) >= 11 is 0. The van der Waals surface area contributed by atoms with Crippen LogP contribution in [0, 0.1) is 0 Å². The minimum absolute atomic E-state index is 0.0521. The van der Waals surface area contributed by atoms with Gasteiger partial charge in [-0.15, -0.1) is 5.10 Å². The number of aromatic nitrogens is 3. The molecule has 1 fully saturated rings. The minimum Gasteiger partial charge on any atom is -0.497 e. The Morgan fingerprint density at radius 1 is 1.11 bits per heavy atom. The van der Waals surface area contributed by atoms with E-state index in [-0.39, 0.29) is 24.4 Å². The lowest BCUT2D eigenvalue weighted by atomic mass is 10.0. The highest BCUT2D eigenvalue weighted by atomic mass is 16.5. The number of hydrogen-bond donors (Lipinski definition) is 1. The molecule has 0 aliphatic heterocycles. The van der Waals surface area contributed by atoms with Crippen LogP contribution < -0.4 is 14.8 Å². The Kier molecular flexibility index (Phi) is 9.53. The Hall–Kier alpha value is -3.66. The van der Waals surface area contributed by atoms with E-state index in [0.29, 0.717) is 48.8 Å². The molecule has 3 aromatic rings. The molecule has 2 amide bonds. The second-order valence-electron chi connectivity index (χ2n) is 9.41. The molecule has 1 heterocycles. The molecule has 0 radical (unpaired) electrons. The van der Waals surface area contributed by atoms with Crippen LogP contribution in [0.2, 0.25) is 0 Å². The second-order valence-corrected chi connectivity index (χ2v) is 9.41. The number of benzene rings is 2. The number of para-hydroxylation sites is 1. The van der Waals surface area contributed by atoms with E-state index in [0.717, 1.165) is 31.2 Å². The van der Waals surface area contributed by atoms with Crippen LogP contribution in [0.3, 0.4) is 0 Å². The van der Waals surface area contributed by atoms with Gasteiger partial charge in [0.15, 0.2) is 0 Å². The number of amides is 2. The van der Waals surface area contributed by atoms with Crippen LogP contribution in [0.25, 0.3) is 11.0 Å². The Morgan fingerprint density at radius 2 is 1.82 bits per heavy atom. The number of nitrogens with one attached hydrogen (secondary N) is 1. The van der Waals surface area contributed by atoms with Gasteiger partial charge in [-0.1, -0.05) is 30.2 Å². The smallest absolute Gasteiger partial charge is 0.247 e. The van der Waals surface area contributed by atoms with Crippen molar-refractivity contribution in [1.82, 2.24) is 25.2 Å². The predicted octanol–water partition coefficient (Wildman–Crippen LogP) is 3.50. The molecule has 0 saturated heterocycles. The van der Waals surface area contributed by atoms with E-state index in [2.05, 4.69) is 15.6 Å². The van der Waals surface area contributed by atoms with Crippen molar-refractivity contribution in [2.24, 2.45) is 0 Å². The van der Waals surface area contributed by atoms with Gasteiger partial charge in [0.25, 0.3) is 0 Å². The van der Waals surface area contributed by atoms with Gasteiger partial charge in [-0.2, -0.15) is 0 Å². The Morgan fingerprint density at radius 3 is 2.50 bits per heavy atom. The summed E-state index contributed by atoms with van der Waals surface area (Å²) < 4.78 is 18.1. The van der Waals surface area contributed by atoms with E-state index in [9.17, 15) is 9.59 Å². The largest absolute Gasteiger partial charge is 0.497 e. The fourth-order valence-corrected chi connectivity index (χ4v) is 4.94. The van der Waals surface area contributed by atoms with E-state index < -0.39 is 6.04 Å². The number of hydrogen-bond acceptors (Lipinski definition) is 7. The van der Waals surface area contributed by atoms with Crippen molar-refractivity contribution in [2.75, 3.05) is 34.0 Å². The maximum atomic E-state index is 13.9. The third-order valence-corrected chi connectivity index (χ3v) is 6.87. The van der Waals surface area contributed by atoms with Crippen molar-refractivity contribution in [2.45, 2.75) is 57.7 Å². The summed E-state index contributed by atoms with van der Waals surface area (Å²) in [7, 11) is 3.12. The van der Waals surface area contributed by atoms with Crippen molar-refractivity contribution in [3.8, 4) is 11.5 Å². The van der Waals surface area contributed by atoms with Crippen LogP contribution >= 0.6 is 0 Å². The molecule has 10 heteroatoms. The molecule has 1 saturated carbocycles. The van der Waals surface area contributed by atoms with Gasteiger partial charge in [0.1, 0.15) is 29.6 Å². The second kappa shape index (κ2) is 13.2. The first-order valence-electron chi connectivity index (χ1n) is 13.2. The summed E-state index contributed by atoms with van der Waals surface area (Å²) in [4.78, 5) is 29.5. The Balaban J connectivity index is 1.70. The van der Waals surface area contributed by atoms with Gasteiger partial charge >= 0.3 is 0 Å². The monoisotopic (exact) mass is 523 g/mol.